The minimum absolute atomic E-state index is 0.0301. The Hall–Kier alpha value is -1.92. The highest BCUT2D eigenvalue weighted by Gasteiger charge is 2.27. The third-order valence-electron chi connectivity index (χ3n) is 4.34. The molecule has 0 saturated heterocycles. The Kier molecular flexibility index (Phi) is 5.39. The third kappa shape index (κ3) is 4.38. The van der Waals surface area contributed by atoms with Gasteiger partial charge in [0.05, 0.1) is 25.4 Å². The van der Waals surface area contributed by atoms with Crippen molar-refractivity contribution in [3.05, 3.63) is 65.2 Å². The molecule has 3 N–H and O–H groups in total. The second kappa shape index (κ2) is 7.54. The lowest BCUT2D eigenvalue weighted by Gasteiger charge is -2.33. The van der Waals surface area contributed by atoms with Crippen molar-refractivity contribution in [1.82, 2.24) is 5.32 Å². The Morgan fingerprint density at radius 2 is 1.88 bits per heavy atom. The van der Waals surface area contributed by atoms with Gasteiger partial charge in [-0.3, -0.25) is 0 Å². The minimum atomic E-state index is -0.682. The molecule has 3 rings (SSSR count). The molecule has 5 heteroatoms. The van der Waals surface area contributed by atoms with E-state index >= 15 is 0 Å². The molecule has 2 aromatic carbocycles. The predicted octanol–water partition coefficient (Wildman–Crippen LogP) is 2.69. The molecule has 0 amide bonds. The molecule has 0 spiro atoms. The molecule has 0 bridgehead atoms. The number of rotatable bonds is 6. The Morgan fingerprint density at radius 3 is 2.60 bits per heavy atom. The zero-order valence-corrected chi connectivity index (χ0v) is 14.6. The Bertz CT molecular complexity index is 702. The Morgan fingerprint density at radius 1 is 1.12 bits per heavy atom. The van der Waals surface area contributed by atoms with E-state index in [1.807, 2.05) is 62.4 Å². The number of nitrogens with one attached hydrogen (secondary N) is 1. The fourth-order valence-electron chi connectivity index (χ4n) is 2.91. The summed E-state index contributed by atoms with van der Waals surface area (Å²) in [6.45, 7) is 4.52. The van der Waals surface area contributed by atoms with Crippen LogP contribution in [0, 0.1) is 0 Å². The zero-order valence-electron chi connectivity index (χ0n) is 14.6. The maximum atomic E-state index is 10.5. The lowest BCUT2D eigenvalue weighted by atomic mass is 10.0. The molecule has 0 unspecified atom stereocenters. The van der Waals surface area contributed by atoms with Crippen molar-refractivity contribution >= 4 is 0 Å². The molecule has 2 aromatic rings. The summed E-state index contributed by atoms with van der Waals surface area (Å²) in [6, 6.07) is 15.1. The summed E-state index contributed by atoms with van der Waals surface area (Å²) in [4.78, 5) is 0. The quantitative estimate of drug-likeness (QED) is 0.752. The van der Waals surface area contributed by atoms with Gasteiger partial charge in [-0.1, -0.05) is 36.4 Å². The first-order valence-corrected chi connectivity index (χ1v) is 8.51. The van der Waals surface area contributed by atoms with E-state index in [2.05, 4.69) is 5.32 Å². The monoisotopic (exact) mass is 343 g/mol. The lowest BCUT2D eigenvalue weighted by Crippen LogP contribution is -2.35. The molecule has 2 atom stereocenters. The Labute approximate surface area is 148 Å². The van der Waals surface area contributed by atoms with Crippen molar-refractivity contribution in [2.24, 2.45) is 0 Å². The van der Waals surface area contributed by atoms with Crippen molar-refractivity contribution in [3.8, 4) is 5.75 Å². The van der Waals surface area contributed by atoms with Gasteiger partial charge in [-0.2, -0.15) is 0 Å². The number of aliphatic hydroxyl groups is 2. The SMILES string of the molecule is CC1(C)OCc2cc([C@H](O)CN[C@H](CO)c3ccccc3)ccc2O1. The summed E-state index contributed by atoms with van der Waals surface area (Å²) in [7, 11) is 0. The number of aliphatic hydroxyl groups excluding tert-OH is 2. The van der Waals surface area contributed by atoms with E-state index in [9.17, 15) is 10.2 Å². The summed E-state index contributed by atoms with van der Waals surface area (Å²) in [5.41, 5.74) is 2.72. The van der Waals surface area contributed by atoms with E-state index in [1.165, 1.54) is 0 Å². The van der Waals surface area contributed by atoms with Gasteiger partial charge >= 0.3 is 0 Å². The molecule has 0 radical (unpaired) electrons. The average Bonchev–Trinajstić information content (AvgIpc) is 2.62. The molecule has 1 aliphatic rings. The van der Waals surface area contributed by atoms with Crippen LogP contribution in [0.15, 0.2) is 48.5 Å². The summed E-state index contributed by atoms with van der Waals surface area (Å²) in [5.74, 6) is 0.163. The Balaban J connectivity index is 1.64. The standard InChI is InChI=1S/C20H25NO4/c1-20(2)24-13-16-10-15(8-9-19(16)25-20)18(23)11-21-17(12-22)14-6-4-3-5-7-14/h3-10,17-18,21-23H,11-13H2,1-2H3/t17-,18-/m1/s1. The van der Waals surface area contributed by atoms with Crippen molar-refractivity contribution < 1.29 is 19.7 Å². The molecular formula is C20H25NO4. The number of ether oxygens (including phenoxy) is 2. The van der Waals surface area contributed by atoms with Crippen LogP contribution in [-0.4, -0.2) is 29.2 Å². The molecule has 25 heavy (non-hydrogen) atoms. The van der Waals surface area contributed by atoms with Gasteiger partial charge in [-0.25, -0.2) is 0 Å². The van der Waals surface area contributed by atoms with Crippen LogP contribution in [0.25, 0.3) is 0 Å². The third-order valence-corrected chi connectivity index (χ3v) is 4.34. The largest absolute Gasteiger partial charge is 0.463 e. The van der Waals surface area contributed by atoms with Gasteiger partial charge in [0.2, 0.25) is 5.79 Å². The van der Waals surface area contributed by atoms with Crippen molar-refractivity contribution in [2.75, 3.05) is 13.2 Å². The topological polar surface area (TPSA) is 71.0 Å². The second-order valence-corrected chi connectivity index (χ2v) is 6.73. The molecular weight excluding hydrogens is 318 g/mol. The lowest BCUT2D eigenvalue weighted by molar-refractivity contribution is -0.180. The molecule has 5 nitrogen and oxygen atoms in total. The summed E-state index contributed by atoms with van der Waals surface area (Å²) < 4.78 is 11.4. The van der Waals surface area contributed by atoms with Gasteiger partial charge in [-0.15, -0.1) is 0 Å². The molecule has 0 fully saturated rings. The van der Waals surface area contributed by atoms with Crippen LogP contribution in [0.5, 0.6) is 5.75 Å². The first kappa shape index (κ1) is 17.9. The van der Waals surface area contributed by atoms with Crippen LogP contribution < -0.4 is 10.1 Å². The van der Waals surface area contributed by atoms with E-state index in [0.29, 0.717) is 13.2 Å². The van der Waals surface area contributed by atoms with Crippen LogP contribution >= 0.6 is 0 Å². The number of benzene rings is 2. The zero-order chi connectivity index (χ0) is 17.9. The minimum Gasteiger partial charge on any atom is -0.463 e. The fraction of sp³-hybridized carbons (Fsp3) is 0.400. The van der Waals surface area contributed by atoms with E-state index in [0.717, 1.165) is 22.4 Å². The molecule has 134 valence electrons. The summed E-state index contributed by atoms with van der Waals surface area (Å²) in [6.07, 6.45) is -0.682. The first-order chi connectivity index (χ1) is 12.0. The highest BCUT2D eigenvalue weighted by atomic mass is 16.7. The van der Waals surface area contributed by atoms with Gasteiger partial charge in [0.25, 0.3) is 0 Å². The van der Waals surface area contributed by atoms with Gasteiger partial charge in [0.15, 0.2) is 0 Å². The van der Waals surface area contributed by atoms with E-state index in [4.69, 9.17) is 9.47 Å². The predicted molar refractivity (Wildman–Crippen MR) is 95.2 cm³/mol. The highest BCUT2D eigenvalue weighted by Crippen LogP contribution is 2.32. The van der Waals surface area contributed by atoms with E-state index in [1.54, 1.807) is 0 Å². The van der Waals surface area contributed by atoms with Gasteiger partial charge in [0.1, 0.15) is 5.75 Å². The molecule has 0 aliphatic carbocycles. The smallest absolute Gasteiger partial charge is 0.205 e. The van der Waals surface area contributed by atoms with Crippen LogP contribution in [-0.2, 0) is 11.3 Å². The number of hydrogen-bond acceptors (Lipinski definition) is 5. The van der Waals surface area contributed by atoms with Gasteiger partial charge in [0, 0.05) is 26.0 Å². The van der Waals surface area contributed by atoms with Crippen molar-refractivity contribution in [1.29, 1.82) is 0 Å². The maximum absolute atomic E-state index is 10.5. The normalized spacial score (nSPS) is 18.1. The van der Waals surface area contributed by atoms with Crippen LogP contribution in [0.2, 0.25) is 0 Å². The van der Waals surface area contributed by atoms with E-state index < -0.39 is 11.9 Å². The maximum Gasteiger partial charge on any atom is 0.205 e. The van der Waals surface area contributed by atoms with Gasteiger partial charge < -0.3 is 25.0 Å². The summed E-state index contributed by atoms with van der Waals surface area (Å²) >= 11 is 0. The molecule has 1 heterocycles. The number of fused-ring (bicyclic) bond motifs is 1. The van der Waals surface area contributed by atoms with Crippen LogP contribution in [0.3, 0.4) is 0 Å². The van der Waals surface area contributed by atoms with Crippen molar-refractivity contribution in [2.45, 2.75) is 38.4 Å². The summed E-state index contributed by atoms with van der Waals surface area (Å²) in [5, 5.41) is 23.3. The molecule has 1 aliphatic heterocycles. The number of hydrogen-bond donors (Lipinski definition) is 3. The average molecular weight is 343 g/mol. The van der Waals surface area contributed by atoms with E-state index in [-0.39, 0.29) is 12.6 Å². The molecule has 0 aromatic heterocycles. The van der Waals surface area contributed by atoms with Crippen molar-refractivity contribution in [3.63, 3.8) is 0 Å². The fourth-order valence-corrected chi connectivity index (χ4v) is 2.91. The second-order valence-electron chi connectivity index (χ2n) is 6.73. The van der Waals surface area contributed by atoms with Crippen LogP contribution in [0.1, 0.15) is 42.7 Å². The first-order valence-electron chi connectivity index (χ1n) is 8.51. The highest BCUT2D eigenvalue weighted by molar-refractivity contribution is 5.39. The van der Waals surface area contributed by atoms with Gasteiger partial charge in [-0.05, 0) is 23.3 Å². The van der Waals surface area contributed by atoms with Crippen LogP contribution in [0.4, 0.5) is 0 Å². The molecule has 0 saturated carbocycles.